The van der Waals surface area contributed by atoms with Crippen LogP contribution in [0.15, 0.2) is 0 Å². The fourth-order valence-corrected chi connectivity index (χ4v) is 1.90. The van der Waals surface area contributed by atoms with Crippen molar-refractivity contribution in [3.8, 4) is 0 Å². The smallest absolute Gasteiger partial charge is 0.107 e. The highest BCUT2D eigenvalue weighted by atomic mass is 16.3. The zero-order valence-corrected chi connectivity index (χ0v) is 7.80. The third-order valence-electron chi connectivity index (χ3n) is 2.69. The summed E-state index contributed by atoms with van der Waals surface area (Å²) in [7, 11) is 0. The van der Waals surface area contributed by atoms with Crippen LogP contribution in [-0.2, 0) is 0 Å². The first-order valence-electron chi connectivity index (χ1n) is 4.53. The lowest BCUT2D eigenvalue weighted by Crippen LogP contribution is -2.45. The number of hydrogen-bond acceptors (Lipinski definition) is 2. The minimum absolute atomic E-state index is 0.218. The van der Waals surface area contributed by atoms with Gasteiger partial charge >= 0.3 is 0 Å². The second kappa shape index (κ2) is 3.11. The lowest BCUT2D eigenvalue weighted by Gasteiger charge is -2.35. The lowest BCUT2D eigenvalue weighted by atomic mass is 10.0. The number of rotatable bonds is 2. The van der Waals surface area contributed by atoms with Gasteiger partial charge in [0.05, 0.1) is 0 Å². The Morgan fingerprint density at radius 2 is 2.18 bits per heavy atom. The van der Waals surface area contributed by atoms with Gasteiger partial charge in [-0.2, -0.15) is 0 Å². The van der Waals surface area contributed by atoms with Crippen LogP contribution in [0.25, 0.3) is 0 Å². The van der Waals surface area contributed by atoms with Gasteiger partial charge < -0.3 is 5.11 Å². The summed E-state index contributed by atoms with van der Waals surface area (Å²) in [5.74, 6) is 0. The molecule has 0 amide bonds. The Morgan fingerprint density at radius 3 is 2.55 bits per heavy atom. The van der Waals surface area contributed by atoms with Crippen LogP contribution in [0.1, 0.15) is 40.0 Å². The second-order valence-corrected chi connectivity index (χ2v) is 4.00. The van der Waals surface area contributed by atoms with Crippen LogP contribution in [0.4, 0.5) is 0 Å². The largest absolute Gasteiger partial charge is 0.378 e. The Bertz CT molecular complexity index is 134. The fourth-order valence-electron chi connectivity index (χ4n) is 1.90. The Morgan fingerprint density at radius 1 is 1.55 bits per heavy atom. The maximum absolute atomic E-state index is 9.62. The van der Waals surface area contributed by atoms with Crippen LogP contribution in [0, 0.1) is 0 Å². The minimum Gasteiger partial charge on any atom is -0.378 e. The van der Waals surface area contributed by atoms with E-state index in [1.54, 1.807) is 0 Å². The molecule has 1 saturated heterocycles. The van der Waals surface area contributed by atoms with Crippen molar-refractivity contribution in [3.05, 3.63) is 0 Å². The number of nitrogens with zero attached hydrogens (tertiary/aromatic N) is 1. The van der Waals surface area contributed by atoms with E-state index in [-0.39, 0.29) is 11.8 Å². The third kappa shape index (κ3) is 1.74. The van der Waals surface area contributed by atoms with Crippen LogP contribution >= 0.6 is 0 Å². The van der Waals surface area contributed by atoms with Gasteiger partial charge in [-0.1, -0.05) is 6.92 Å². The summed E-state index contributed by atoms with van der Waals surface area (Å²) in [5.41, 5.74) is 0.218. The first-order valence-corrected chi connectivity index (χ1v) is 4.53. The molecule has 1 aliphatic heterocycles. The van der Waals surface area contributed by atoms with Gasteiger partial charge in [-0.15, -0.1) is 0 Å². The van der Waals surface area contributed by atoms with E-state index in [0.29, 0.717) is 0 Å². The first-order chi connectivity index (χ1) is 5.08. The maximum Gasteiger partial charge on any atom is 0.107 e. The predicted molar refractivity (Wildman–Crippen MR) is 46.3 cm³/mol. The van der Waals surface area contributed by atoms with Crippen molar-refractivity contribution in [2.24, 2.45) is 0 Å². The van der Waals surface area contributed by atoms with Gasteiger partial charge in [0.2, 0.25) is 0 Å². The van der Waals surface area contributed by atoms with Gasteiger partial charge in [-0.25, -0.2) is 0 Å². The molecule has 0 aromatic rings. The molecule has 1 atom stereocenters. The molecule has 2 nitrogen and oxygen atoms in total. The molecular formula is C9H19NO. The van der Waals surface area contributed by atoms with Gasteiger partial charge in [0.15, 0.2) is 0 Å². The Hall–Kier alpha value is -0.0800. The molecule has 1 unspecified atom stereocenters. The Kier molecular flexibility index (Phi) is 2.55. The second-order valence-electron chi connectivity index (χ2n) is 4.00. The Balaban J connectivity index is 2.57. The van der Waals surface area contributed by atoms with Gasteiger partial charge in [0, 0.05) is 12.1 Å². The van der Waals surface area contributed by atoms with Crippen molar-refractivity contribution in [2.45, 2.75) is 51.8 Å². The van der Waals surface area contributed by atoms with E-state index < -0.39 is 0 Å². The van der Waals surface area contributed by atoms with Gasteiger partial charge in [0.1, 0.15) is 6.23 Å². The third-order valence-corrected chi connectivity index (χ3v) is 2.69. The normalized spacial score (nSPS) is 27.3. The molecule has 0 aromatic heterocycles. The van der Waals surface area contributed by atoms with E-state index in [1.165, 1.54) is 12.8 Å². The van der Waals surface area contributed by atoms with Gasteiger partial charge in [-0.3, -0.25) is 4.90 Å². The molecule has 11 heavy (non-hydrogen) atoms. The zero-order valence-electron chi connectivity index (χ0n) is 7.80. The molecular weight excluding hydrogens is 138 g/mol. The first kappa shape index (κ1) is 9.01. The molecule has 1 aliphatic rings. The topological polar surface area (TPSA) is 23.5 Å². The molecule has 1 fully saturated rings. The lowest BCUT2D eigenvalue weighted by molar-refractivity contribution is -0.0348. The molecule has 66 valence electrons. The van der Waals surface area contributed by atoms with E-state index >= 15 is 0 Å². The quantitative estimate of drug-likeness (QED) is 0.658. The average Bonchev–Trinajstić information content (AvgIpc) is 2.28. The van der Waals surface area contributed by atoms with Gasteiger partial charge in [-0.05, 0) is 33.1 Å². The van der Waals surface area contributed by atoms with Crippen LogP contribution in [0.3, 0.4) is 0 Å². The molecule has 0 aliphatic carbocycles. The zero-order chi connectivity index (χ0) is 8.48. The summed E-state index contributed by atoms with van der Waals surface area (Å²) in [4.78, 5) is 2.20. The van der Waals surface area contributed by atoms with E-state index in [2.05, 4.69) is 18.7 Å². The summed E-state index contributed by atoms with van der Waals surface area (Å²) in [6.45, 7) is 7.50. The predicted octanol–water partition coefficient (Wildman–Crippen LogP) is 1.59. The van der Waals surface area contributed by atoms with Crippen molar-refractivity contribution in [1.82, 2.24) is 4.90 Å². The molecule has 0 radical (unpaired) electrons. The SMILES string of the molecule is CCC(O)N1CCCC1(C)C. The Labute approximate surface area is 69.2 Å². The van der Waals surface area contributed by atoms with Crippen molar-refractivity contribution in [3.63, 3.8) is 0 Å². The van der Waals surface area contributed by atoms with Crippen LogP contribution in [0.5, 0.6) is 0 Å². The van der Waals surface area contributed by atoms with Crippen molar-refractivity contribution in [1.29, 1.82) is 0 Å². The highest BCUT2D eigenvalue weighted by Gasteiger charge is 2.34. The summed E-state index contributed by atoms with van der Waals surface area (Å²) < 4.78 is 0. The van der Waals surface area contributed by atoms with Crippen LogP contribution < -0.4 is 0 Å². The number of likely N-dealkylation sites (tertiary alicyclic amines) is 1. The summed E-state index contributed by atoms with van der Waals surface area (Å²) in [6.07, 6.45) is 3.05. The summed E-state index contributed by atoms with van der Waals surface area (Å²) in [5, 5.41) is 9.62. The molecule has 0 aromatic carbocycles. The van der Waals surface area contributed by atoms with E-state index in [1.807, 2.05) is 6.92 Å². The summed E-state index contributed by atoms with van der Waals surface area (Å²) >= 11 is 0. The minimum atomic E-state index is -0.229. The number of aliphatic hydroxyl groups excluding tert-OH is 1. The fraction of sp³-hybridized carbons (Fsp3) is 1.00. The van der Waals surface area contributed by atoms with Crippen molar-refractivity contribution >= 4 is 0 Å². The van der Waals surface area contributed by atoms with E-state index in [0.717, 1.165) is 13.0 Å². The highest BCUT2D eigenvalue weighted by molar-refractivity contribution is 4.88. The monoisotopic (exact) mass is 157 g/mol. The maximum atomic E-state index is 9.62. The highest BCUT2D eigenvalue weighted by Crippen LogP contribution is 2.30. The average molecular weight is 157 g/mol. The van der Waals surface area contributed by atoms with Crippen molar-refractivity contribution < 1.29 is 5.11 Å². The summed E-state index contributed by atoms with van der Waals surface area (Å²) in [6, 6.07) is 0. The number of aliphatic hydroxyl groups is 1. The van der Waals surface area contributed by atoms with E-state index in [9.17, 15) is 5.11 Å². The van der Waals surface area contributed by atoms with Crippen LogP contribution in [0.2, 0.25) is 0 Å². The van der Waals surface area contributed by atoms with E-state index in [4.69, 9.17) is 0 Å². The molecule has 1 heterocycles. The molecule has 1 N–H and O–H groups in total. The van der Waals surface area contributed by atoms with Gasteiger partial charge in [0.25, 0.3) is 0 Å². The standard InChI is InChI=1S/C9H19NO/c1-4-8(11)10-7-5-6-9(10,2)3/h8,11H,4-7H2,1-3H3. The van der Waals surface area contributed by atoms with Crippen molar-refractivity contribution in [2.75, 3.05) is 6.54 Å². The molecule has 0 bridgehead atoms. The molecule has 2 heteroatoms. The molecule has 0 saturated carbocycles. The number of hydrogen-bond donors (Lipinski definition) is 1. The molecule has 1 rings (SSSR count). The van der Waals surface area contributed by atoms with Crippen LogP contribution in [-0.4, -0.2) is 28.3 Å². The molecule has 0 spiro atoms.